The summed E-state index contributed by atoms with van der Waals surface area (Å²) >= 11 is 0. The number of aliphatic hydroxyl groups excluding tert-OH is 1. The molecule has 1 heterocycles. The van der Waals surface area contributed by atoms with Gasteiger partial charge in [-0.3, -0.25) is 9.59 Å². The molecule has 0 saturated heterocycles. The summed E-state index contributed by atoms with van der Waals surface area (Å²) in [7, 11) is 1.46. The summed E-state index contributed by atoms with van der Waals surface area (Å²) in [6.45, 7) is 10.4. The highest BCUT2D eigenvalue weighted by Gasteiger charge is 2.48. The van der Waals surface area contributed by atoms with Crippen LogP contribution in [0.25, 0.3) is 0 Å². The number of phenolic OH excluding ortho intramolecular Hbond substituents is 2. The molecule has 37 heavy (non-hydrogen) atoms. The number of ether oxygens (including phenoxy) is 2. The molecule has 2 aromatic rings. The van der Waals surface area contributed by atoms with Crippen LogP contribution in [0.1, 0.15) is 80.1 Å². The van der Waals surface area contributed by atoms with Gasteiger partial charge in [0, 0.05) is 28.2 Å². The molecule has 0 bridgehead atoms. The third kappa shape index (κ3) is 3.97. The standard InChI is InChI=1S/C30H34O7/c1-14(2)20(23-26(34)16(4)29(36-7)30(5,6)28(23)35)22-25(33)15(3)24(32)21-18(31)13-19(37-27(21)22)17-11-9-8-10-12-17/h8-12,14,19-20,32-34H,13H2,1-7H3/t19-,20+/m0/s1. The normalized spacial score (nSPS) is 20.2. The Labute approximate surface area is 217 Å². The summed E-state index contributed by atoms with van der Waals surface area (Å²) in [6.07, 6.45) is -0.628. The van der Waals surface area contributed by atoms with Gasteiger partial charge >= 0.3 is 0 Å². The number of phenols is 2. The van der Waals surface area contributed by atoms with Gasteiger partial charge in [-0.1, -0.05) is 44.2 Å². The molecule has 0 unspecified atom stereocenters. The van der Waals surface area contributed by atoms with Gasteiger partial charge in [-0.2, -0.15) is 0 Å². The molecule has 196 valence electrons. The Kier molecular flexibility index (Phi) is 6.61. The van der Waals surface area contributed by atoms with E-state index in [-0.39, 0.29) is 69.2 Å². The maximum Gasteiger partial charge on any atom is 0.176 e. The number of ketones is 2. The minimum absolute atomic E-state index is 0.0134. The Morgan fingerprint density at radius 3 is 2.22 bits per heavy atom. The number of hydrogen-bond donors (Lipinski definition) is 3. The highest BCUT2D eigenvalue weighted by Crippen LogP contribution is 2.55. The number of fused-ring (bicyclic) bond motifs is 1. The van der Waals surface area contributed by atoms with Crippen LogP contribution in [0.15, 0.2) is 53.0 Å². The van der Waals surface area contributed by atoms with Crippen LogP contribution in [-0.4, -0.2) is 34.0 Å². The molecule has 2 aliphatic rings. The molecule has 0 fully saturated rings. The molecule has 3 N–H and O–H groups in total. The van der Waals surface area contributed by atoms with Crippen molar-refractivity contribution in [2.45, 2.75) is 60.0 Å². The van der Waals surface area contributed by atoms with Crippen molar-refractivity contribution in [3.05, 3.63) is 75.3 Å². The maximum absolute atomic E-state index is 13.9. The van der Waals surface area contributed by atoms with Crippen molar-refractivity contribution in [1.29, 1.82) is 0 Å². The molecule has 4 rings (SSSR count). The molecule has 0 radical (unpaired) electrons. The smallest absolute Gasteiger partial charge is 0.176 e. The van der Waals surface area contributed by atoms with Gasteiger partial charge in [0.1, 0.15) is 40.4 Å². The Morgan fingerprint density at radius 1 is 1.03 bits per heavy atom. The lowest BCUT2D eigenvalue weighted by Gasteiger charge is -2.38. The number of aromatic hydroxyl groups is 2. The van der Waals surface area contributed by atoms with Gasteiger partial charge in [0.2, 0.25) is 0 Å². The van der Waals surface area contributed by atoms with Gasteiger partial charge in [0.25, 0.3) is 0 Å². The SMILES string of the molecule is COC1=C(C)C(O)=C([C@@H](c2c(O)c(C)c(O)c3c2O[C@H](c2ccccc2)CC3=O)C(C)C)C(=O)C1(C)C. The number of allylic oxidation sites excluding steroid dienone is 3. The van der Waals surface area contributed by atoms with Gasteiger partial charge < -0.3 is 24.8 Å². The predicted molar refractivity (Wildman–Crippen MR) is 139 cm³/mol. The largest absolute Gasteiger partial charge is 0.507 e. The third-order valence-electron chi connectivity index (χ3n) is 7.58. The van der Waals surface area contributed by atoms with E-state index in [0.29, 0.717) is 11.3 Å². The third-order valence-corrected chi connectivity index (χ3v) is 7.58. The van der Waals surface area contributed by atoms with Crippen LogP contribution in [0, 0.1) is 18.3 Å². The van der Waals surface area contributed by atoms with E-state index >= 15 is 0 Å². The van der Waals surface area contributed by atoms with E-state index in [4.69, 9.17) is 9.47 Å². The Morgan fingerprint density at radius 2 is 1.65 bits per heavy atom. The Hall–Kier alpha value is -3.74. The average Bonchev–Trinajstić information content (AvgIpc) is 2.85. The van der Waals surface area contributed by atoms with Crippen LogP contribution in [-0.2, 0) is 9.53 Å². The number of benzene rings is 2. The first-order chi connectivity index (χ1) is 17.3. The second kappa shape index (κ2) is 9.29. The second-order valence-electron chi connectivity index (χ2n) is 10.7. The number of carbonyl (C=O) groups excluding carboxylic acids is 2. The Balaban J connectivity index is 2.03. The molecule has 1 aliphatic carbocycles. The van der Waals surface area contributed by atoms with Crippen LogP contribution >= 0.6 is 0 Å². The number of aliphatic hydroxyl groups is 1. The van der Waals surface area contributed by atoms with Gasteiger partial charge in [0.15, 0.2) is 11.6 Å². The van der Waals surface area contributed by atoms with Gasteiger partial charge in [-0.05, 0) is 39.2 Å². The lowest BCUT2D eigenvalue weighted by molar-refractivity contribution is -0.124. The molecule has 7 nitrogen and oxygen atoms in total. The van der Waals surface area contributed by atoms with E-state index in [1.807, 2.05) is 44.2 Å². The maximum atomic E-state index is 13.9. The van der Waals surface area contributed by atoms with Gasteiger partial charge in [-0.15, -0.1) is 0 Å². The van der Waals surface area contributed by atoms with Crippen LogP contribution in [0.3, 0.4) is 0 Å². The molecule has 0 spiro atoms. The molecule has 2 atom stereocenters. The van der Waals surface area contributed by atoms with Gasteiger partial charge in [-0.25, -0.2) is 0 Å². The van der Waals surface area contributed by atoms with Crippen molar-refractivity contribution >= 4 is 11.6 Å². The number of methoxy groups -OCH3 is 1. The first kappa shape index (κ1) is 26.3. The number of carbonyl (C=O) groups is 2. The molecule has 7 heteroatoms. The fourth-order valence-corrected chi connectivity index (χ4v) is 5.66. The zero-order valence-corrected chi connectivity index (χ0v) is 22.3. The number of hydrogen-bond acceptors (Lipinski definition) is 7. The minimum Gasteiger partial charge on any atom is -0.507 e. The van der Waals surface area contributed by atoms with Crippen molar-refractivity contribution in [2.75, 3.05) is 7.11 Å². The highest BCUT2D eigenvalue weighted by atomic mass is 16.5. The van der Waals surface area contributed by atoms with Crippen molar-refractivity contribution in [2.24, 2.45) is 11.3 Å². The van der Waals surface area contributed by atoms with Crippen molar-refractivity contribution in [1.82, 2.24) is 0 Å². The van der Waals surface area contributed by atoms with Crippen LogP contribution in [0.4, 0.5) is 0 Å². The van der Waals surface area contributed by atoms with E-state index in [9.17, 15) is 24.9 Å². The summed E-state index contributed by atoms with van der Waals surface area (Å²) in [5.74, 6) is -2.26. The van der Waals surface area contributed by atoms with Gasteiger partial charge in [0.05, 0.1) is 18.9 Å². The zero-order chi connectivity index (χ0) is 27.4. The van der Waals surface area contributed by atoms with E-state index in [0.717, 1.165) is 5.56 Å². The highest BCUT2D eigenvalue weighted by molar-refractivity contribution is 6.07. The molecular weight excluding hydrogens is 472 g/mol. The Bertz CT molecular complexity index is 1350. The van der Waals surface area contributed by atoms with Crippen LogP contribution in [0.2, 0.25) is 0 Å². The first-order valence-electron chi connectivity index (χ1n) is 12.4. The molecule has 2 aromatic carbocycles. The van der Waals surface area contributed by atoms with Crippen LogP contribution in [0.5, 0.6) is 17.2 Å². The summed E-state index contributed by atoms with van der Waals surface area (Å²) in [5.41, 5.74) is 0.535. The molecule has 0 amide bonds. The minimum atomic E-state index is -1.07. The molecule has 1 aliphatic heterocycles. The van der Waals surface area contributed by atoms with E-state index < -0.39 is 17.4 Å². The lowest BCUT2D eigenvalue weighted by Crippen LogP contribution is -2.37. The van der Waals surface area contributed by atoms with Crippen molar-refractivity contribution in [3.63, 3.8) is 0 Å². The lowest BCUT2D eigenvalue weighted by atomic mass is 9.68. The van der Waals surface area contributed by atoms with E-state index in [1.54, 1.807) is 20.8 Å². The topological polar surface area (TPSA) is 113 Å². The zero-order valence-electron chi connectivity index (χ0n) is 22.3. The summed E-state index contributed by atoms with van der Waals surface area (Å²) < 4.78 is 11.8. The molecule has 0 saturated carbocycles. The first-order valence-corrected chi connectivity index (χ1v) is 12.4. The quantitative estimate of drug-likeness (QED) is 0.443. The second-order valence-corrected chi connectivity index (χ2v) is 10.7. The van der Waals surface area contributed by atoms with Crippen LogP contribution < -0.4 is 4.74 Å². The molecular formula is C30H34O7. The van der Waals surface area contributed by atoms with E-state index in [2.05, 4.69) is 0 Å². The number of rotatable bonds is 5. The van der Waals surface area contributed by atoms with Crippen molar-refractivity contribution < 1.29 is 34.4 Å². The summed E-state index contributed by atoms with van der Waals surface area (Å²) in [4.78, 5) is 27.3. The predicted octanol–water partition coefficient (Wildman–Crippen LogP) is 6.19. The van der Waals surface area contributed by atoms with Crippen molar-refractivity contribution in [3.8, 4) is 17.2 Å². The average molecular weight is 507 g/mol. The fourth-order valence-electron chi connectivity index (χ4n) is 5.66. The summed E-state index contributed by atoms with van der Waals surface area (Å²) in [5, 5.41) is 33.6. The van der Waals surface area contributed by atoms with E-state index in [1.165, 1.54) is 14.0 Å². The number of Topliss-reactive ketones (excluding diaryl/α,β-unsaturated/α-hetero) is 2. The monoisotopic (exact) mass is 506 g/mol. The summed E-state index contributed by atoms with van der Waals surface area (Å²) in [6, 6.07) is 9.24. The molecule has 0 aromatic heterocycles. The fraction of sp³-hybridized carbons (Fsp3) is 0.400.